The summed E-state index contributed by atoms with van der Waals surface area (Å²) in [7, 11) is 0.977. The standard InChI is InChI=1S/C19H11ClF3N3O2S/c1-25-15(19(21,22)23)9-16(27)26(18(25)28)12-6-7-14-13(8-12)17(24-29-14)10-2-4-11(20)5-3-10/h2-9H,1H3. The van der Waals surface area contributed by atoms with Crippen LogP contribution in [0.25, 0.3) is 27.0 Å². The predicted octanol–water partition coefficient (Wildman–Crippen LogP) is 4.49. The van der Waals surface area contributed by atoms with Gasteiger partial charge in [-0.1, -0.05) is 23.7 Å². The molecule has 0 aliphatic carbocycles. The van der Waals surface area contributed by atoms with Crippen LogP contribution in [0.15, 0.2) is 58.1 Å². The first kappa shape index (κ1) is 19.4. The van der Waals surface area contributed by atoms with Crippen LogP contribution in [0.5, 0.6) is 0 Å². The highest BCUT2D eigenvalue weighted by Gasteiger charge is 2.35. The van der Waals surface area contributed by atoms with E-state index in [2.05, 4.69) is 4.37 Å². The summed E-state index contributed by atoms with van der Waals surface area (Å²) in [6, 6.07) is 12.1. The number of hydrogen-bond acceptors (Lipinski definition) is 4. The summed E-state index contributed by atoms with van der Waals surface area (Å²) in [4.78, 5) is 24.9. The maximum atomic E-state index is 13.1. The van der Waals surface area contributed by atoms with Crippen LogP contribution in [-0.2, 0) is 13.2 Å². The van der Waals surface area contributed by atoms with Crippen LogP contribution >= 0.6 is 23.1 Å². The van der Waals surface area contributed by atoms with Gasteiger partial charge in [-0.3, -0.25) is 9.36 Å². The highest BCUT2D eigenvalue weighted by Crippen LogP contribution is 2.33. The number of aromatic nitrogens is 3. The van der Waals surface area contributed by atoms with E-state index in [9.17, 15) is 22.8 Å². The van der Waals surface area contributed by atoms with Crippen molar-refractivity contribution >= 4 is 33.2 Å². The van der Waals surface area contributed by atoms with E-state index in [4.69, 9.17) is 11.6 Å². The minimum atomic E-state index is -4.81. The molecule has 29 heavy (non-hydrogen) atoms. The number of halogens is 4. The molecular formula is C19H11ClF3N3O2S. The minimum absolute atomic E-state index is 0.159. The Morgan fingerprint density at radius 1 is 1.03 bits per heavy atom. The third kappa shape index (κ3) is 3.36. The van der Waals surface area contributed by atoms with Gasteiger partial charge < -0.3 is 0 Å². The van der Waals surface area contributed by atoms with Crippen LogP contribution in [0.4, 0.5) is 13.2 Å². The van der Waals surface area contributed by atoms with Crippen molar-refractivity contribution in [3.63, 3.8) is 0 Å². The van der Waals surface area contributed by atoms with Crippen LogP contribution in [0, 0.1) is 0 Å². The molecule has 10 heteroatoms. The van der Waals surface area contributed by atoms with Crippen molar-refractivity contribution < 1.29 is 13.2 Å². The molecule has 0 amide bonds. The molecule has 148 valence electrons. The van der Waals surface area contributed by atoms with Gasteiger partial charge in [-0.25, -0.2) is 9.36 Å². The summed E-state index contributed by atoms with van der Waals surface area (Å²) in [5.41, 5.74) is -1.88. The lowest BCUT2D eigenvalue weighted by Crippen LogP contribution is -2.40. The number of hydrogen-bond donors (Lipinski definition) is 0. The molecule has 0 saturated carbocycles. The van der Waals surface area contributed by atoms with Crippen molar-refractivity contribution in [2.75, 3.05) is 0 Å². The van der Waals surface area contributed by atoms with Crippen LogP contribution in [0.2, 0.25) is 5.02 Å². The average Bonchev–Trinajstić information content (AvgIpc) is 3.08. The van der Waals surface area contributed by atoms with Crippen molar-refractivity contribution in [1.29, 1.82) is 0 Å². The SMILES string of the molecule is Cn1c(C(F)(F)F)cc(=O)n(-c2ccc3snc(-c4ccc(Cl)cc4)c3c2)c1=O. The van der Waals surface area contributed by atoms with E-state index in [0.29, 0.717) is 31.3 Å². The van der Waals surface area contributed by atoms with E-state index in [1.165, 1.54) is 17.6 Å². The Hall–Kier alpha value is -2.91. The fourth-order valence-corrected chi connectivity index (χ4v) is 3.92. The normalized spacial score (nSPS) is 11.9. The number of benzene rings is 2. The van der Waals surface area contributed by atoms with Crippen molar-refractivity contribution in [3.8, 4) is 16.9 Å². The number of nitrogens with zero attached hydrogens (tertiary/aromatic N) is 3. The zero-order chi connectivity index (χ0) is 20.9. The molecule has 0 bridgehead atoms. The van der Waals surface area contributed by atoms with Crippen molar-refractivity contribution in [3.05, 3.63) is 80.1 Å². The Morgan fingerprint density at radius 3 is 2.38 bits per heavy atom. The monoisotopic (exact) mass is 437 g/mol. The summed E-state index contributed by atoms with van der Waals surface area (Å²) in [5.74, 6) is 0. The molecule has 2 heterocycles. The molecule has 5 nitrogen and oxygen atoms in total. The van der Waals surface area contributed by atoms with Gasteiger partial charge in [-0.15, -0.1) is 0 Å². The fourth-order valence-electron chi connectivity index (χ4n) is 3.02. The zero-order valence-electron chi connectivity index (χ0n) is 14.7. The molecule has 0 aliphatic rings. The van der Waals surface area contributed by atoms with Crippen molar-refractivity contribution in [2.45, 2.75) is 6.18 Å². The van der Waals surface area contributed by atoms with Gasteiger partial charge in [0, 0.05) is 29.1 Å². The Balaban J connectivity index is 1.93. The number of alkyl halides is 3. The topological polar surface area (TPSA) is 56.9 Å². The molecular weight excluding hydrogens is 427 g/mol. The van der Waals surface area contributed by atoms with E-state index < -0.39 is 23.1 Å². The third-order valence-electron chi connectivity index (χ3n) is 4.44. The lowest BCUT2D eigenvalue weighted by Gasteiger charge is -2.14. The maximum Gasteiger partial charge on any atom is 0.431 e. The van der Waals surface area contributed by atoms with Gasteiger partial charge in [0.25, 0.3) is 5.56 Å². The molecule has 2 aromatic heterocycles. The van der Waals surface area contributed by atoms with Crippen LogP contribution in [0.1, 0.15) is 5.69 Å². The van der Waals surface area contributed by atoms with E-state index in [-0.39, 0.29) is 5.69 Å². The van der Waals surface area contributed by atoms with Gasteiger partial charge in [-0.05, 0) is 41.9 Å². The first-order valence-electron chi connectivity index (χ1n) is 8.23. The summed E-state index contributed by atoms with van der Waals surface area (Å²) < 4.78 is 45.5. The summed E-state index contributed by atoms with van der Waals surface area (Å²) in [6.45, 7) is 0. The predicted molar refractivity (Wildman–Crippen MR) is 106 cm³/mol. The second-order valence-electron chi connectivity index (χ2n) is 6.26. The van der Waals surface area contributed by atoms with Gasteiger partial charge in [0.1, 0.15) is 5.69 Å². The first-order valence-corrected chi connectivity index (χ1v) is 9.38. The lowest BCUT2D eigenvalue weighted by atomic mass is 10.1. The first-order chi connectivity index (χ1) is 13.7. The van der Waals surface area contributed by atoms with Crippen molar-refractivity contribution in [2.24, 2.45) is 7.05 Å². The van der Waals surface area contributed by atoms with Gasteiger partial charge in [0.15, 0.2) is 0 Å². The Bertz CT molecular complexity index is 1350. The zero-order valence-corrected chi connectivity index (χ0v) is 16.3. The molecule has 4 aromatic rings. The van der Waals surface area contributed by atoms with Crippen LogP contribution < -0.4 is 11.2 Å². The molecule has 4 rings (SSSR count). The number of rotatable bonds is 2. The summed E-state index contributed by atoms with van der Waals surface area (Å²) >= 11 is 7.15. The molecule has 0 atom stereocenters. The Kier molecular flexibility index (Phi) is 4.59. The van der Waals surface area contributed by atoms with E-state index in [0.717, 1.165) is 17.3 Å². The fraction of sp³-hybridized carbons (Fsp3) is 0.105. The molecule has 2 aromatic carbocycles. The molecule has 0 aliphatic heterocycles. The number of fused-ring (bicyclic) bond motifs is 1. The molecule has 0 fully saturated rings. The molecule has 0 saturated heterocycles. The van der Waals surface area contributed by atoms with Crippen LogP contribution in [0.3, 0.4) is 0 Å². The van der Waals surface area contributed by atoms with E-state index in [1.54, 1.807) is 36.4 Å². The third-order valence-corrected chi connectivity index (χ3v) is 5.52. The second kappa shape index (κ2) is 6.85. The average molecular weight is 438 g/mol. The van der Waals surface area contributed by atoms with Gasteiger partial charge in [0.05, 0.1) is 16.1 Å². The minimum Gasteiger partial charge on any atom is -0.292 e. The molecule has 0 radical (unpaired) electrons. The highest BCUT2D eigenvalue weighted by molar-refractivity contribution is 7.13. The second-order valence-corrected chi connectivity index (χ2v) is 7.50. The smallest absolute Gasteiger partial charge is 0.292 e. The quantitative estimate of drug-likeness (QED) is 0.464. The van der Waals surface area contributed by atoms with Crippen LogP contribution in [-0.4, -0.2) is 13.5 Å². The highest BCUT2D eigenvalue weighted by atomic mass is 35.5. The molecule has 0 spiro atoms. The lowest BCUT2D eigenvalue weighted by molar-refractivity contribution is -0.144. The maximum absolute atomic E-state index is 13.1. The van der Waals surface area contributed by atoms with E-state index in [1.807, 2.05) is 0 Å². The summed E-state index contributed by atoms with van der Waals surface area (Å²) in [6.07, 6.45) is -4.81. The molecule has 0 unspecified atom stereocenters. The van der Waals surface area contributed by atoms with Gasteiger partial charge in [-0.2, -0.15) is 17.5 Å². The Labute approximate surface area is 170 Å². The van der Waals surface area contributed by atoms with Crippen molar-refractivity contribution in [1.82, 2.24) is 13.5 Å². The molecule has 0 N–H and O–H groups in total. The largest absolute Gasteiger partial charge is 0.431 e. The van der Waals surface area contributed by atoms with Gasteiger partial charge in [0.2, 0.25) is 0 Å². The summed E-state index contributed by atoms with van der Waals surface area (Å²) in [5, 5.41) is 1.23. The van der Waals surface area contributed by atoms with Gasteiger partial charge >= 0.3 is 11.9 Å². The Morgan fingerprint density at radius 2 is 1.72 bits per heavy atom. The van der Waals surface area contributed by atoms with E-state index >= 15 is 0 Å².